The Balaban J connectivity index is 1.91. The molecule has 6 heteroatoms. The molecular weight excluding hydrogens is 467 g/mol. The molecule has 2 amide bonds. The molecule has 3 rings (SSSR count). The van der Waals surface area contributed by atoms with Gasteiger partial charge in [-0.15, -0.1) is 0 Å². The summed E-state index contributed by atoms with van der Waals surface area (Å²) < 4.78 is 0. The first-order valence-electron chi connectivity index (χ1n) is 11.5. The molecule has 0 aliphatic carbocycles. The first-order valence-corrected chi connectivity index (χ1v) is 12.2. The second kappa shape index (κ2) is 12.6. The zero-order chi connectivity index (χ0) is 24.5. The maximum atomic E-state index is 13.6. The van der Waals surface area contributed by atoms with Crippen molar-refractivity contribution in [3.05, 3.63) is 105 Å². The third-order valence-corrected chi connectivity index (χ3v) is 6.31. The number of carbonyl (C=O) groups is 2. The average Bonchev–Trinajstić information content (AvgIpc) is 2.82. The molecule has 0 heterocycles. The lowest BCUT2D eigenvalue weighted by atomic mass is 10.0. The van der Waals surface area contributed by atoms with Crippen LogP contribution in [0.15, 0.2) is 72.8 Å². The summed E-state index contributed by atoms with van der Waals surface area (Å²) in [6, 6.07) is 22.4. The van der Waals surface area contributed by atoms with Crippen molar-refractivity contribution in [2.45, 2.75) is 45.7 Å². The number of benzene rings is 3. The fraction of sp³-hybridized carbons (Fsp3) is 0.286. The number of nitrogens with one attached hydrogen (secondary N) is 1. The van der Waals surface area contributed by atoms with E-state index in [2.05, 4.69) is 5.32 Å². The summed E-state index contributed by atoms with van der Waals surface area (Å²) in [5.41, 5.74) is 3.99. The zero-order valence-corrected chi connectivity index (χ0v) is 21.1. The number of likely N-dealkylation sites (N-methyl/N-ethyl adjacent to an activating group) is 1. The Morgan fingerprint density at radius 3 is 2.29 bits per heavy atom. The van der Waals surface area contributed by atoms with E-state index >= 15 is 0 Å². The van der Waals surface area contributed by atoms with Crippen molar-refractivity contribution < 1.29 is 9.59 Å². The van der Waals surface area contributed by atoms with Gasteiger partial charge in [-0.25, -0.2) is 0 Å². The Morgan fingerprint density at radius 1 is 0.941 bits per heavy atom. The second-order valence-corrected chi connectivity index (χ2v) is 9.19. The number of amides is 2. The molecule has 0 fully saturated rings. The number of hydrogen-bond donors (Lipinski definition) is 1. The summed E-state index contributed by atoms with van der Waals surface area (Å²) in [4.78, 5) is 28.4. The third-order valence-electron chi connectivity index (χ3n) is 5.73. The van der Waals surface area contributed by atoms with Crippen LogP contribution in [0.25, 0.3) is 0 Å². The molecule has 0 saturated carbocycles. The van der Waals surface area contributed by atoms with Crippen molar-refractivity contribution in [1.29, 1.82) is 0 Å². The molecular formula is C28H30Cl2N2O2. The van der Waals surface area contributed by atoms with Gasteiger partial charge in [0, 0.05) is 36.0 Å². The van der Waals surface area contributed by atoms with Gasteiger partial charge in [-0.1, -0.05) is 89.4 Å². The Labute approximate surface area is 211 Å². The van der Waals surface area contributed by atoms with Crippen molar-refractivity contribution >= 4 is 35.0 Å². The maximum absolute atomic E-state index is 13.6. The molecule has 0 saturated heterocycles. The van der Waals surface area contributed by atoms with Crippen LogP contribution in [-0.2, 0) is 29.0 Å². The van der Waals surface area contributed by atoms with Crippen LogP contribution < -0.4 is 5.32 Å². The molecule has 34 heavy (non-hydrogen) atoms. The van der Waals surface area contributed by atoms with E-state index in [1.54, 1.807) is 17.0 Å². The van der Waals surface area contributed by atoms with E-state index < -0.39 is 6.04 Å². The van der Waals surface area contributed by atoms with Crippen LogP contribution in [0.5, 0.6) is 0 Å². The van der Waals surface area contributed by atoms with E-state index in [-0.39, 0.29) is 18.4 Å². The molecule has 3 aromatic rings. The van der Waals surface area contributed by atoms with Gasteiger partial charge in [-0.3, -0.25) is 9.59 Å². The Bertz CT molecular complexity index is 1100. The lowest BCUT2D eigenvalue weighted by Gasteiger charge is -2.32. The lowest BCUT2D eigenvalue weighted by Crippen LogP contribution is -2.50. The average molecular weight is 497 g/mol. The topological polar surface area (TPSA) is 49.4 Å². The number of aryl methyl sites for hydroxylation is 2. The molecule has 4 nitrogen and oxygen atoms in total. The molecule has 3 aromatic carbocycles. The minimum atomic E-state index is -0.667. The highest BCUT2D eigenvalue weighted by molar-refractivity contribution is 6.35. The van der Waals surface area contributed by atoms with Crippen LogP contribution in [-0.4, -0.2) is 29.3 Å². The minimum absolute atomic E-state index is 0.0984. The van der Waals surface area contributed by atoms with Crippen molar-refractivity contribution in [2.24, 2.45) is 0 Å². The van der Waals surface area contributed by atoms with Crippen molar-refractivity contribution in [1.82, 2.24) is 10.2 Å². The summed E-state index contributed by atoms with van der Waals surface area (Å²) in [5.74, 6) is -0.279. The Kier molecular flexibility index (Phi) is 9.55. The number of halogens is 2. The summed E-state index contributed by atoms with van der Waals surface area (Å²) in [6.07, 6.45) is 1.30. The summed E-state index contributed by atoms with van der Waals surface area (Å²) in [6.45, 7) is 4.61. The second-order valence-electron chi connectivity index (χ2n) is 8.34. The highest BCUT2D eigenvalue weighted by Crippen LogP contribution is 2.24. The van der Waals surface area contributed by atoms with Gasteiger partial charge in [-0.05, 0) is 49.1 Å². The molecule has 0 aromatic heterocycles. The smallest absolute Gasteiger partial charge is 0.243 e. The molecule has 1 N–H and O–H groups in total. The van der Waals surface area contributed by atoms with Crippen LogP contribution in [0.3, 0.4) is 0 Å². The number of nitrogens with zero attached hydrogens (tertiary/aromatic N) is 1. The fourth-order valence-corrected chi connectivity index (χ4v) is 4.30. The third kappa shape index (κ3) is 7.34. The van der Waals surface area contributed by atoms with E-state index in [0.717, 1.165) is 16.7 Å². The van der Waals surface area contributed by atoms with Crippen LogP contribution in [0.2, 0.25) is 10.0 Å². The van der Waals surface area contributed by atoms with E-state index in [4.69, 9.17) is 23.2 Å². The Morgan fingerprint density at radius 2 is 1.65 bits per heavy atom. The van der Waals surface area contributed by atoms with Crippen molar-refractivity contribution in [3.8, 4) is 0 Å². The van der Waals surface area contributed by atoms with Gasteiger partial charge >= 0.3 is 0 Å². The van der Waals surface area contributed by atoms with Crippen LogP contribution >= 0.6 is 23.2 Å². The molecule has 0 aliphatic heterocycles. The number of carbonyl (C=O) groups excluding carboxylic acids is 2. The SMILES string of the molecule is CCNC(=O)[C@@H](Cc1ccccc1)N(Cc1ccc(Cl)cc1Cl)C(=O)CCc1ccc(C)cc1. The molecule has 0 bridgehead atoms. The van der Waals surface area contributed by atoms with Crippen LogP contribution in [0.4, 0.5) is 0 Å². The largest absolute Gasteiger partial charge is 0.355 e. The van der Waals surface area contributed by atoms with E-state index in [1.807, 2.05) is 74.5 Å². The summed E-state index contributed by atoms with van der Waals surface area (Å²) in [7, 11) is 0. The Hall–Kier alpha value is -2.82. The van der Waals surface area contributed by atoms with E-state index in [9.17, 15) is 9.59 Å². The molecule has 0 aliphatic rings. The van der Waals surface area contributed by atoms with Crippen molar-refractivity contribution in [3.63, 3.8) is 0 Å². The molecule has 0 unspecified atom stereocenters. The standard InChI is InChI=1S/C28H30Cl2N2O2/c1-3-31-28(34)26(17-22-7-5-4-6-8-22)32(19-23-14-15-24(29)18-25(23)30)27(33)16-13-21-11-9-20(2)10-12-21/h4-12,14-15,18,26H,3,13,16-17,19H2,1-2H3,(H,31,34)/t26-/m1/s1. The molecule has 0 radical (unpaired) electrons. The minimum Gasteiger partial charge on any atom is -0.355 e. The van der Waals surface area contributed by atoms with Gasteiger partial charge in [0.05, 0.1) is 0 Å². The highest BCUT2D eigenvalue weighted by atomic mass is 35.5. The molecule has 1 atom stereocenters. The molecule has 178 valence electrons. The highest BCUT2D eigenvalue weighted by Gasteiger charge is 2.30. The van der Waals surface area contributed by atoms with Gasteiger partial charge in [0.25, 0.3) is 0 Å². The quantitative estimate of drug-likeness (QED) is 0.373. The monoisotopic (exact) mass is 496 g/mol. The predicted molar refractivity (Wildman–Crippen MR) is 139 cm³/mol. The zero-order valence-electron chi connectivity index (χ0n) is 19.6. The maximum Gasteiger partial charge on any atom is 0.243 e. The number of rotatable bonds is 10. The van der Waals surface area contributed by atoms with Gasteiger partial charge in [0.2, 0.25) is 11.8 Å². The molecule has 0 spiro atoms. The van der Waals surface area contributed by atoms with E-state index in [1.165, 1.54) is 5.56 Å². The summed E-state index contributed by atoms with van der Waals surface area (Å²) >= 11 is 12.5. The van der Waals surface area contributed by atoms with Gasteiger partial charge in [0.1, 0.15) is 6.04 Å². The first kappa shape index (κ1) is 25.8. The fourth-order valence-electron chi connectivity index (χ4n) is 3.83. The normalized spacial score (nSPS) is 11.6. The lowest BCUT2D eigenvalue weighted by molar-refractivity contribution is -0.141. The van der Waals surface area contributed by atoms with Gasteiger partial charge in [0.15, 0.2) is 0 Å². The van der Waals surface area contributed by atoms with Gasteiger partial charge < -0.3 is 10.2 Å². The number of hydrogen-bond acceptors (Lipinski definition) is 2. The van der Waals surface area contributed by atoms with E-state index in [0.29, 0.717) is 35.9 Å². The van der Waals surface area contributed by atoms with Gasteiger partial charge in [-0.2, -0.15) is 0 Å². The van der Waals surface area contributed by atoms with Crippen LogP contribution in [0.1, 0.15) is 35.6 Å². The first-order chi connectivity index (χ1) is 16.4. The van der Waals surface area contributed by atoms with Crippen LogP contribution in [0, 0.1) is 6.92 Å². The predicted octanol–water partition coefficient (Wildman–Crippen LogP) is 6.01. The summed E-state index contributed by atoms with van der Waals surface area (Å²) in [5, 5.41) is 3.90. The van der Waals surface area contributed by atoms with Crippen molar-refractivity contribution in [2.75, 3.05) is 6.54 Å².